The van der Waals surface area contributed by atoms with E-state index in [-0.39, 0.29) is 24.1 Å². The van der Waals surface area contributed by atoms with Crippen LogP contribution >= 0.6 is 0 Å². The lowest BCUT2D eigenvalue weighted by molar-refractivity contribution is -0.138. The van der Waals surface area contributed by atoms with Crippen LogP contribution in [0.15, 0.2) is 18.2 Å². The molecule has 6 heteroatoms. The van der Waals surface area contributed by atoms with Crippen molar-refractivity contribution in [1.29, 1.82) is 0 Å². The summed E-state index contributed by atoms with van der Waals surface area (Å²) in [6.45, 7) is 3.07. The number of carboxylic acid groups (broad SMARTS) is 1. The lowest BCUT2D eigenvalue weighted by atomic mass is 10.1. The van der Waals surface area contributed by atoms with Crippen LogP contribution in [0.3, 0.4) is 0 Å². The summed E-state index contributed by atoms with van der Waals surface area (Å²) < 4.78 is 0. The summed E-state index contributed by atoms with van der Waals surface area (Å²) in [6.07, 6.45) is 0. The van der Waals surface area contributed by atoms with E-state index in [4.69, 9.17) is 5.11 Å². The van der Waals surface area contributed by atoms with Gasteiger partial charge in [0.15, 0.2) is 0 Å². The van der Waals surface area contributed by atoms with E-state index in [2.05, 4.69) is 0 Å². The first kappa shape index (κ1) is 16.3. The van der Waals surface area contributed by atoms with Crippen LogP contribution in [-0.4, -0.2) is 64.8 Å². The number of aromatic hydroxyl groups is 2. The Balaban J connectivity index is 2.90. The molecule has 6 nitrogen and oxygen atoms in total. The SMILES string of the molecule is CC(c1cc(O)cc(O)c1)N(CCN(C)C)CC(=O)O. The second-order valence-corrected chi connectivity index (χ2v) is 5.13. The molecule has 0 fully saturated rings. The molecule has 0 spiro atoms. The number of carboxylic acids is 1. The molecule has 0 bridgehead atoms. The lowest BCUT2D eigenvalue weighted by Gasteiger charge is -2.29. The third-order valence-electron chi connectivity index (χ3n) is 3.13. The van der Waals surface area contributed by atoms with Crippen LogP contribution in [0.4, 0.5) is 0 Å². The number of phenols is 2. The normalized spacial score (nSPS) is 12.8. The molecule has 0 amide bonds. The molecule has 0 aliphatic rings. The van der Waals surface area contributed by atoms with Crippen molar-refractivity contribution in [2.24, 2.45) is 0 Å². The molecule has 0 saturated heterocycles. The lowest BCUT2D eigenvalue weighted by Crippen LogP contribution is -2.37. The van der Waals surface area contributed by atoms with E-state index < -0.39 is 5.97 Å². The van der Waals surface area contributed by atoms with Gasteiger partial charge in [0, 0.05) is 25.2 Å². The Morgan fingerprint density at radius 2 is 1.70 bits per heavy atom. The van der Waals surface area contributed by atoms with Gasteiger partial charge in [0.1, 0.15) is 11.5 Å². The van der Waals surface area contributed by atoms with Crippen LogP contribution in [0.2, 0.25) is 0 Å². The van der Waals surface area contributed by atoms with Crippen LogP contribution in [0.5, 0.6) is 11.5 Å². The van der Waals surface area contributed by atoms with Gasteiger partial charge in [-0.1, -0.05) is 0 Å². The van der Waals surface area contributed by atoms with Crippen LogP contribution in [0.25, 0.3) is 0 Å². The standard InChI is InChI=1S/C14H22N2O4/c1-10(11-6-12(17)8-13(18)7-11)16(9-14(19)20)5-4-15(2)3/h6-8,10,17-18H,4-5,9H2,1-3H3,(H,19,20). The van der Waals surface area contributed by atoms with Crippen molar-refractivity contribution in [3.05, 3.63) is 23.8 Å². The van der Waals surface area contributed by atoms with Crippen LogP contribution in [0, 0.1) is 0 Å². The Morgan fingerprint density at radius 3 is 2.15 bits per heavy atom. The van der Waals surface area contributed by atoms with Crippen LogP contribution < -0.4 is 0 Å². The molecule has 0 aliphatic heterocycles. The van der Waals surface area contributed by atoms with Gasteiger partial charge in [-0.15, -0.1) is 0 Å². The molecule has 1 aromatic carbocycles. The minimum absolute atomic E-state index is 0.0327. The molecule has 112 valence electrons. The van der Waals surface area contributed by atoms with Gasteiger partial charge in [-0.25, -0.2) is 0 Å². The maximum atomic E-state index is 11.0. The number of rotatable bonds is 7. The van der Waals surface area contributed by atoms with Gasteiger partial charge in [-0.05, 0) is 38.7 Å². The predicted octanol–water partition coefficient (Wildman–Crippen LogP) is 1.11. The average molecular weight is 282 g/mol. The Hall–Kier alpha value is -1.79. The maximum absolute atomic E-state index is 11.0. The van der Waals surface area contributed by atoms with Gasteiger partial charge in [0.25, 0.3) is 0 Å². The highest BCUT2D eigenvalue weighted by Crippen LogP contribution is 2.27. The fourth-order valence-electron chi connectivity index (χ4n) is 1.98. The van der Waals surface area contributed by atoms with Gasteiger partial charge in [0.2, 0.25) is 0 Å². The van der Waals surface area contributed by atoms with E-state index in [1.165, 1.54) is 18.2 Å². The summed E-state index contributed by atoms with van der Waals surface area (Å²) in [4.78, 5) is 14.7. The molecule has 0 heterocycles. The third-order valence-corrected chi connectivity index (χ3v) is 3.13. The highest BCUT2D eigenvalue weighted by atomic mass is 16.4. The molecular formula is C14H22N2O4. The number of phenolic OH excluding ortho intramolecular Hbond substituents is 2. The van der Waals surface area contributed by atoms with Crippen LogP contribution in [0.1, 0.15) is 18.5 Å². The Kier molecular flexibility index (Phi) is 5.79. The van der Waals surface area contributed by atoms with E-state index in [0.717, 1.165) is 6.54 Å². The number of likely N-dealkylation sites (N-methyl/N-ethyl adjacent to an activating group) is 1. The summed E-state index contributed by atoms with van der Waals surface area (Å²) >= 11 is 0. The van der Waals surface area contributed by atoms with Gasteiger partial charge in [-0.3, -0.25) is 9.69 Å². The molecule has 0 aromatic heterocycles. The average Bonchev–Trinajstić information content (AvgIpc) is 2.31. The van der Waals surface area contributed by atoms with Crippen molar-refractivity contribution >= 4 is 5.97 Å². The van der Waals surface area contributed by atoms with Crippen molar-refractivity contribution in [3.63, 3.8) is 0 Å². The molecule has 3 N–H and O–H groups in total. The summed E-state index contributed by atoms with van der Waals surface area (Å²) in [5, 5.41) is 28.0. The number of aliphatic carboxylic acids is 1. The fourth-order valence-corrected chi connectivity index (χ4v) is 1.98. The summed E-state index contributed by atoms with van der Waals surface area (Å²) in [5.41, 5.74) is 0.683. The molecule has 0 radical (unpaired) electrons. The number of hydrogen-bond donors (Lipinski definition) is 3. The topological polar surface area (TPSA) is 84.2 Å². The molecule has 1 rings (SSSR count). The van der Waals surface area contributed by atoms with Crippen LogP contribution in [-0.2, 0) is 4.79 Å². The Morgan fingerprint density at radius 1 is 1.15 bits per heavy atom. The smallest absolute Gasteiger partial charge is 0.317 e. The fraction of sp³-hybridized carbons (Fsp3) is 0.500. The number of benzene rings is 1. The van der Waals surface area contributed by atoms with E-state index in [1.807, 2.05) is 25.9 Å². The minimum atomic E-state index is -0.903. The molecular weight excluding hydrogens is 260 g/mol. The van der Waals surface area contributed by atoms with Crippen molar-refractivity contribution in [1.82, 2.24) is 9.80 Å². The zero-order chi connectivity index (χ0) is 15.3. The zero-order valence-electron chi connectivity index (χ0n) is 12.1. The first-order valence-electron chi connectivity index (χ1n) is 6.43. The number of hydrogen-bond acceptors (Lipinski definition) is 5. The monoisotopic (exact) mass is 282 g/mol. The van der Waals surface area contributed by atoms with Crippen molar-refractivity contribution in [2.45, 2.75) is 13.0 Å². The second-order valence-electron chi connectivity index (χ2n) is 5.13. The molecule has 20 heavy (non-hydrogen) atoms. The molecule has 0 saturated carbocycles. The molecule has 1 atom stereocenters. The maximum Gasteiger partial charge on any atom is 0.317 e. The largest absolute Gasteiger partial charge is 0.508 e. The molecule has 0 aliphatic carbocycles. The van der Waals surface area contributed by atoms with Crippen molar-refractivity contribution < 1.29 is 20.1 Å². The highest BCUT2D eigenvalue weighted by molar-refractivity contribution is 5.69. The van der Waals surface area contributed by atoms with Gasteiger partial charge in [0.05, 0.1) is 6.54 Å². The molecule has 1 unspecified atom stereocenters. The summed E-state index contributed by atoms with van der Waals surface area (Å²) in [6, 6.07) is 4.10. The third kappa shape index (κ3) is 5.07. The van der Waals surface area contributed by atoms with E-state index in [9.17, 15) is 15.0 Å². The Bertz CT molecular complexity index is 442. The van der Waals surface area contributed by atoms with E-state index in [1.54, 1.807) is 4.90 Å². The predicted molar refractivity (Wildman–Crippen MR) is 75.9 cm³/mol. The molecule has 1 aromatic rings. The van der Waals surface area contributed by atoms with Crippen molar-refractivity contribution in [3.8, 4) is 11.5 Å². The summed E-state index contributed by atoms with van der Waals surface area (Å²) in [7, 11) is 3.84. The highest BCUT2D eigenvalue weighted by Gasteiger charge is 2.19. The first-order chi connectivity index (χ1) is 9.29. The minimum Gasteiger partial charge on any atom is -0.508 e. The van der Waals surface area contributed by atoms with Crippen molar-refractivity contribution in [2.75, 3.05) is 33.7 Å². The number of carbonyl (C=O) groups is 1. The van der Waals surface area contributed by atoms with E-state index in [0.29, 0.717) is 12.1 Å². The van der Waals surface area contributed by atoms with Gasteiger partial charge < -0.3 is 20.2 Å². The van der Waals surface area contributed by atoms with Gasteiger partial charge >= 0.3 is 5.97 Å². The van der Waals surface area contributed by atoms with E-state index >= 15 is 0 Å². The number of nitrogens with zero attached hydrogens (tertiary/aromatic N) is 2. The quantitative estimate of drug-likeness (QED) is 0.694. The van der Waals surface area contributed by atoms with Gasteiger partial charge in [-0.2, -0.15) is 0 Å². The summed E-state index contributed by atoms with van der Waals surface area (Å²) in [5.74, 6) is -0.968. The first-order valence-corrected chi connectivity index (χ1v) is 6.43. The Labute approximate surface area is 118 Å². The second kappa shape index (κ2) is 7.12. The zero-order valence-corrected chi connectivity index (χ0v) is 12.1.